The van der Waals surface area contributed by atoms with Crippen molar-refractivity contribution < 1.29 is 36.6 Å². The van der Waals surface area contributed by atoms with Crippen LogP contribution in [0.1, 0.15) is 23.2 Å². The zero-order chi connectivity index (χ0) is 25.3. The number of alkyl halides is 3. The Morgan fingerprint density at radius 1 is 1.17 bits per heavy atom. The molecule has 0 saturated heterocycles. The van der Waals surface area contributed by atoms with Crippen molar-refractivity contribution in [3.63, 3.8) is 0 Å². The maximum Gasteiger partial charge on any atom is 0.573 e. The maximum absolute atomic E-state index is 14.6. The minimum atomic E-state index is -4.81. The summed E-state index contributed by atoms with van der Waals surface area (Å²) >= 11 is 1.07. The summed E-state index contributed by atoms with van der Waals surface area (Å²) in [5.41, 5.74) is 5.81. The van der Waals surface area contributed by atoms with Gasteiger partial charge in [0.05, 0.1) is 33.4 Å². The molecule has 4 aromatic rings. The van der Waals surface area contributed by atoms with Gasteiger partial charge in [-0.05, 0) is 24.6 Å². The van der Waals surface area contributed by atoms with E-state index in [2.05, 4.69) is 20.0 Å². The molecule has 2 aromatic heterocycles. The second kappa shape index (κ2) is 9.37. The van der Waals surface area contributed by atoms with Gasteiger partial charge in [0.25, 0.3) is 0 Å². The monoisotopic (exact) mass is 511 g/mol. The van der Waals surface area contributed by atoms with Gasteiger partial charge in [0.1, 0.15) is 11.6 Å². The van der Waals surface area contributed by atoms with Crippen molar-refractivity contribution in [2.24, 2.45) is 12.8 Å². The number of aryl methyl sites for hydroxylation is 1. The average molecular weight is 511 g/mol. The molecule has 14 heteroatoms. The lowest BCUT2D eigenvalue weighted by molar-refractivity contribution is -0.274. The molecule has 0 spiro atoms. The number of imidazole rings is 1. The Morgan fingerprint density at radius 3 is 2.66 bits per heavy atom. The lowest BCUT2D eigenvalue weighted by Gasteiger charge is -2.07. The number of aromatic nitrogens is 3. The summed E-state index contributed by atoms with van der Waals surface area (Å²) in [4.78, 5) is 31.7. The minimum Gasteiger partial charge on any atom is -0.462 e. The highest BCUT2D eigenvalue weighted by molar-refractivity contribution is 7.22. The number of ether oxygens (including phenoxy) is 2. The van der Waals surface area contributed by atoms with Gasteiger partial charge in [0.2, 0.25) is 11.9 Å². The SMILES string of the molecule is Cn1c(Nc2nc3ccc(OC(F)(F)F)cc3s2)nc2cc(C(=O)OCCCC(N)=O)c(F)cc21. The third-order valence-corrected chi connectivity index (χ3v) is 5.74. The highest BCUT2D eigenvalue weighted by Gasteiger charge is 2.31. The van der Waals surface area contributed by atoms with E-state index < -0.39 is 24.1 Å². The lowest BCUT2D eigenvalue weighted by atomic mass is 10.2. The summed E-state index contributed by atoms with van der Waals surface area (Å²) in [6.45, 7) is -0.0956. The number of nitrogens with zero attached hydrogens (tertiary/aromatic N) is 3. The summed E-state index contributed by atoms with van der Waals surface area (Å²) in [5.74, 6) is -2.36. The second-order valence-electron chi connectivity index (χ2n) is 7.34. The largest absolute Gasteiger partial charge is 0.573 e. The van der Waals surface area contributed by atoms with Gasteiger partial charge in [-0.3, -0.25) is 4.79 Å². The number of anilines is 2. The fraction of sp³-hybridized carbons (Fsp3) is 0.238. The molecule has 35 heavy (non-hydrogen) atoms. The number of nitrogens with two attached hydrogens (primary N) is 1. The number of halogens is 4. The van der Waals surface area contributed by atoms with Crippen LogP contribution in [0, 0.1) is 5.82 Å². The van der Waals surface area contributed by atoms with Gasteiger partial charge in [0.15, 0.2) is 5.13 Å². The molecule has 2 heterocycles. The van der Waals surface area contributed by atoms with Crippen LogP contribution in [0.3, 0.4) is 0 Å². The van der Waals surface area contributed by atoms with Crippen LogP contribution in [0.2, 0.25) is 0 Å². The summed E-state index contributed by atoms with van der Waals surface area (Å²) in [6, 6.07) is 6.14. The van der Waals surface area contributed by atoms with Crippen molar-refractivity contribution in [2.75, 3.05) is 11.9 Å². The van der Waals surface area contributed by atoms with Crippen LogP contribution in [-0.2, 0) is 16.6 Å². The number of thiazole rings is 1. The summed E-state index contributed by atoms with van der Waals surface area (Å²) in [6.07, 6.45) is -4.56. The maximum atomic E-state index is 14.6. The van der Waals surface area contributed by atoms with Crippen LogP contribution < -0.4 is 15.8 Å². The second-order valence-corrected chi connectivity index (χ2v) is 8.37. The molecule has 1 amide bonds. The first-order valence-electron chi connectivity index (χ1n) is 10.0. The molecule has 3 N–H and O–H groups in total. The molecule has 0 bridgehead atoms. The molecular formula is C21H17F4N5O4S. The number of carbonyl (C=O) groups excluding carboxylic acids is 2. The third kappa shape index (κ3) is 5.59. The molecule has 9 nitrogen and oxygen atoms in total. The molecular weight excluding hydrogens is 494 g/mol. The van der Waals surface area contributed by atoms with E-state index in [-0.39, 0.29) is 36.7 Å². The fourth-order valence-corrected chi connectivity index (χ4v) is 4.11. The minimum absolute atomic E-state index is 0.0342. The number of carbonyl (C=O) groups is 2. The number of esters is 1. The first-order valence-corrected chi connectivity index (χ1v) is 10.9. The van der Waals surface area contributed by atoms with E-state index in [0.717, 1.165) is 23.5 Å². The summed E-state index contributed by atoms with van der Waals surface area (Å²) < 4.78 is 62.9. The smallest absolute Gasteiger partial charge is 0.462 e. The van der Waals surface area contributed by atoms with Crippen LogP contribution >= 0.6 is 11.3 Å². The average Bonchev–Trinajstić information content (AvgIpc) is 3.29. The van der Waals surface area contributed by atoms with Crippen LogP contribution in [0.25, 0.3) is 21.3 Å². The van der Waals surface area contributed by atoms with Crippen LogP contribution in [0.15, 0.2) is 30.3 Å². The molecule has 0 radical (unpaired) electrons. The van der Waals surface area contributed by atoms with Crippen molar-refractivity contribution in [1.82, 2.24) is 14.5 Å². The number of hydrogen-bond acceptors (Lipinski definition) is 8. The normalized spacial score (nSPS) is 11.7. The van der Waals surface area contributed by atoms with E-state index in [1.807, 2.05) is 0 Å². The highest BCUT2D eigenvalue weighted by atomic mass is 32.1. The van der Waals surface area contributed by atoms with E-state index in [1.54, 1.807) is 7.05 Å². The third-order valence-electron chi connectivity index (χ3n) is 4.80. The van der Waals surface area contributed by atoms with Crippen molar-refractivity contribution in [3.05, 3.63) is 41.7 Å². The van der Waals surface area contributed by atoms with Gasteiger partial charge >= 0.3 is 12.3 Å². The zero-order valence-electron chi connectivity index (χ0n) is 18.0. The van der Waals surface area contributed by atoms with Crippen molar-refractivity contribution in [3.8, 4) is 5.75 Å². The molecule has 0 atom stereocenters. The Morgan fingerprint density at radius 2 is 1.94 bits per heavy atom. The number of rotatable bonds is 8. The van der Waals surface area contributed by atoms with Crippen LogP contribution in [-0.4, -0.2) is 39.4 Å². The quantitative estimate of drug-likeness (QED) is 0.204. The van der Waals surface area contributed by atoms with Crippen molar-refractivity contribution in [1.29, 1.82) is 0 Å². The molecule has 0 aliphatic carbocycles. The molecule has 0 aliphatic rings. The van der Waals surface area contributed by atoms with Crippen molar-refractivity contribution in [2.45, 2.75) is 19.2 Å². The Labute approximate surface area is 198 Å². The predicted molar refractivity (Wildman–Crippen MR) is 119 cm³/mol. The Hall–Kier alpha value is -3.94. The summed E-state index contributed by atoms with van der Waals surface area (Å²) in [7, 11) is 1.61. The van der Waals surface area contributed by atoms with E-state index in [9.17, 15) is 27.2 Å². The van der Waals surface area contributed by atoms with Gasteiger partial charge < -0.3 is 25.1 Å². The first kappa shape index (κ1) is 24.2. The van der Waals surface area contributed by atoms with Gasteiger partial charge in [-0.2, -0.15) is 0 Å². The van der Waals surface area contributed by atoms with E-state index in [0.29, 0.717) is 26.4 Å². The number of primary amides is 1. The van der Waals surface area contributed by atoms with Gasteiger partial charge in [-0.1, -0.05) is 11.3 Å². The van der Waals surface area contributed by atoms with Gasteiger partial charge in [0, 0.05) is 25.6 Å². The molecule has 2 aromatic carbocycles. The Bertz CT molecular complexity index is 1430. The number of nitrogens with one attached hydrogen (secondary N) is 1. The molecule has 4 rings (SSSR count). The Balaban J connectivity index is 1.55. The molecule has 0 aliphatic heterocycles. The van der Waals surface area contributed by atoms with E-state index in [1.165, 1.54) is 22.8 Å². The summed E-state index contributed by atoms with van der Waals surface area (Å²) in [5, 5.41) is 3.28. The zero-order valence-corrected chi connectivity index (χ0v) is 18.8. The molecule has 0 unspecified atom stereocenters. The standard InChI is InChI=1S/C21H17F4N5O4S/c1-30-15-9-12(22)11(18(32)33-6-2-3-17(26)31)8-14(15)27-19(30)29-20-28-13-5-4-10(7-16(13)35-20)34-21(23,24)25/h4-5,7-9H,2-3,6H2,1H3,(H2,26,31)(H,27,28,29). The van der Waals surface area contributed by atoms with Gasteiger partial charge in [-0.25, -0.2) is 19.2 Å². The van der Waals surface area contributed by atoms with Crippen molar-refractivity contribution >= 4 is 55.5 Å². The van der Waals surface area contributed by atoms with Crippen LogP contribution in [0.4, 0.5) is 28.6 Å². The highest BCUT2D eigenvalue weighted by Crippen LogP contribution is 2.33. The molecule has 0 saturated carbocycles. The predicted octanol–water partition coefficient (Wildman–Crippen LogP) is 4.39. The molecule has 184 valence electrons. The number of fused-ring (bicyclic) bond motifs is 2. The fourth-order valence-electron chi connectivity index (χ4n) is 3.22. The lowest BCUT2D eigenvalue weighted by Crippen LogP contribution is -2.16. The number of amides is 1. The van der Waals surface area contributed by atoms with Gasteiger partial charge in [-0.15, -0.1) is 13.2 Å². The Kier molecular flexibility index (Phi) is 6.47. The topological polar surface area (TPSA) is 121 Å². The number of benzene rings is 2. The van der Waals surface area contributed by atoms with Crippen LogP contribution in [0.5, 0.6) is 5.75 Å². The van der Waals surface area contributed by atoms with E-state index in [4.69, 9.17) is 10.5 Å². The number of hydrogen-bond donors (Lipinski definition) is 2. The van der Waals surface area contributed by atoms with E-state index >= 15 is 0 Å². The first-order chi connectivity index (χ1) is 16.5. The molecule has 0 fully saturated rings.